The van der Waals surface area contributed by atoms with Crippen LogP contribution < -0.4 is 4.74 Å². The molecule has 0 fully saturated rings. The fraction of sp³-hybridized carbons (Fsp3) is 0.286. The maximum atomic E-state index is 14.6. The molecule has 166 valence electrons. The van der Waals surface area contributed by atoms with Crippen molar-refractivity contribution in [2.24, 2.45) is 0 Å². The zero-order valence-corrected chi connectivity index (χ0v) is 18.7. The first-order valence-electron chi connectivity index (χ1n) is 10.9. The molecule has 0 saturated heterocycles. The van der Waals surface area contributed by atoms with E-state index in [4.69, 9.17) is 4.74 Å². The molecule has 0 N–H and O–H groups in total. The summed E-state index contributed by atoms with van der Waals surface area (Å²) in [5, 5.41) is 0. The molecule has 0 aliphatic rings. The van der Waals surface area contributed by atoms with E-state index < -0.39 is 17.5 Å². The van der Waals surface area contributed by atoms with E-state index in [0.29, 0.717) is 17.7 Å². The quantitative estimate of drug-likeness (QED) is 0.272. The van der Waals surface area contributed by atoms with Crippen LogP contribution in [0.25, 0.3) is 11.1 Å². The number of unbranched alkanes of at least 4 members (excludes halogenated alkanes) is 3. The summed E-state index contributed by atoms with van der Waals surface area (Å²) >= 11 is 0. The number of hydrogen-bond acceptors (Lipinski definition) is 1. The molecule has 1 nitrogen and oxygen atoms in total. The van der Waals surface area contributed by atoms with Gasteiger partial charge in [0.05, 0.1) is 12.2 Å². The molecule has 0 heterocycles. The molecule has 0 bridgehead atoms. The molecule has 3 rings (SSSR count). The van der Waals surface area contributed by atoms with Crippen LogP contribution in [0.4, 0.5) is 13.2 Å². The molecule has 0 saturated carbocycles. The Morgan fingerprint density at radius 2 is 1.38 bits per heavy atom. The number of hydrogen-bond donors (Lipinski definition) is 0. The van der Waals surface area contributed by atoms with Crippen LogP contribution in [0.5, 0.6) is 5.75 Å². The lowest BCUT2D eigenvalue weighted by Gasteiger charge is -2.10. The average molecular weight is 437 g/mol. The van der Waals surface area contributed by atoms with Gasteiger partial charge in [-0.2, -0.15) is 0 Å². The molecule has 3 aromatic rings. The molecule has 0 amide bonds. The molecule has 0 aliphatic heterocycles. The highest BCUT2D eigenvalue weighted by molar-refractivity contribution is 5.65. The number of ether oxygens (including phenoxy) is 1. The van der Waals surface area contributed by atoms with Crippen LogP contribution in [0.2, 0.25) is 0 Å². The number of halogens is 3. The van der Waals surface area contributed by atoms with Crippen molar-refractivity contribution < 1.29 is 17.9 Å². The average Bonchev–Trinajstić information content (AvgIpc) is 2.76. The van der Waals surface area contributed by atoms with Gasteiger partial charge in [0, 0.05) is 5.56 Å². The van der Waals surface area contributed by atoms with Gasteiger partial charge in [-0.25, -0.2) is 13.2 Å². The van der Waals surface area contributed by atoms with E-state index in [2.05, 4.69) is 18.8 Å². The molecule has 0 aromatic heterocycles. The standard InChI is InChI=1S/C28H27F3O/c1-4-5-6-7-14-32-24-15-19(2)25(20(3)16-24)12-10-21-8-9-22(17-27(21)30)23-11-13-26(29)28(31)18-23/h8-9,11,13,15-18H,4-7,14H2,1-3H3. The molecule has 3 aromatic carbocycles. The van der Waals surface area contributed by atoms with Crippen molar-refractivity contribution in [1.82, 2.24) is 0 Å². The second-order valence-corrected chi connectivity index (χ2v) is 7.91. The summed E-state index contributed by atoms with van der Waals surface area (Å²) in [4.78, 5) is 0. The molecule has 0 radical (unpaired) electrons. The maximum absolute atomic E-state index is 14.6. The maximum Gasteiger partial charge on any atom is 0.159 e. The highest BCUT2D eigenvalue weighted by Crippen LogP contribution is 2.25. The van der Waals surface area contributed by atoms with Crippen LogP contribution in [0.15, 0.2) is 48.5 Å². The summed E-state index contributed by atoms with van der Waals surface area (Å²) in [6.07, 6.45) is 4.61. The minimum atomic E-state index is -0.967. The Morgan fingerprint density at radius 3 is 2.00 bits per heavy atom. The highest BCUT2D eigenvalue weighted by atomic mass is 19.2. The summed E-state index contributed by atoms with van der Waals surface area (Å²) in [7, 11) is 0. The topological polar surface area (TPSA) is 9.23 Å². The van der Waals surface area contributed by atoms with E-state index >= 15 is 0 Å². The lowest BCUT2D eigenvalue weighted by atomic mass is 10.0. The molecular formula is C28H27F3O. The monoisotopic (exact) mass is 436 g/mol. The van der Waals surface area contributed by atoms with Gasteiger partial charge in [0.2, 0.25) is 0 Å². The van der Waals surface area contributed by atoms with Gasteiger partial charge >= 0.3 is 0 Å². The molecule has 32 heavy (non-hydrogen) atoms. The van der Waals surface area contributed by atoms with Crippen LogP contribution in [0.1, 0.15) is 54.9 Å². The summed E-state index contributed by atoms with van der Waals surface area (Å²) < 4.78 is 47.1. The Bertz CT molecular complexity index is 1130. The minimum Gasteiger partial charge on any atom is -0.494 e. The third-order valence-electron chi connectivity index (χ3n) is 5.32. The van der Waals surface area contributed by atoms with Crippen molar-refractivity contribution in [3.05, 3.63) is 88.2 Å². The first-order chi connectivity index (χ1) is 15.4. The highest BCUT2D eigenvalue weighted by Gasteiger charge is 2.08. The third-order valence-corrected chi connectivity index (χ3v) is 5.32. The van der Waals surface area contributed by atoms with Crippen molar-refractivity contribution in [3.63, 3.8) is 0 Å². The van der Waals surface area contributed by atoms with E-state index in [1.807, 2.05) is 26.0 Å². The predicted octanol–water partition coefficient (Wildman–Crippen LogP) is 7.75. The Kier molecular flexibility index (Phi) is 8.00. The smallest absolute Gasteiger partial charge is 0.159 e. The fourth-order valence-corrected chi connectivity index (χ4v) is 3.52. The first kappa shape index (κ1) is 23.5. The second-order valence-electron chi connectivity index (χ2n) is 7.91. The van der Waals surface area contributed by atoms with Gasteiger partial charge in [0.25, 0.3) is 0 Å². The van der Waals surface area contributed by atoms with Crippen molar-refractivity contribution in [1.29, 1.82) is 0 Å². The van der Waals surface area contributed by atoms with Crippen LogP contribution in [0.3, 0.4) is 0 Å². The minimum absolute atomic E-state index is 0.242. The van der Waals surface area contributed by atoms with Gasteiger partial charge in [-0.15, -0.1) is 0 Å². The van der Waals surface area contributed by atoms with Crippen molar-refractivity contribution in [3.8, 4) is 28.7 Å². The zero-order chi connectivity index (χ0) is 23.1. The van der Waals surface area contributed by atoms with Gasteiger partial charge in [0.1, 0.15) is 11.6 Å². The van der Waals surface area contributed by atoms with E-state index in [1.165, 1.54) is 31.4 Å². The molecule has 0 aliphatic carbocycles. The molecular weight excluding hydrogens is 409 g/mol. The van der Waals surface area contributed by atoms with E-state index in [1.54, 1.807) is 12.1 Å². The molecule has 0 atom stereocenters. The Balaban J connectivity index is 1.76. The number of rotatable bonds is 7. The third kappa shape index (κ3) is 5.95. The SMILES string of the molecule is CCCCCCOc1cc(C)c(C#Cc2ccc(-c3ccc(F)c(F)c3)cc2F)c(C)c1. The second kappa shape index (κ2) is 10.9. The van der Waals surface area contributed by atoms with Crippen LogP contribution in [-0.2, 0) is 0 Å². The summed E-state index contributed by atoms with van der Waals surface area (Å²) in [6.45, 7) is 6.80. The number of aryl methyl sites for hydroxylation is 2. The number of benzene rings is 3. The van der Waals surface area contributed by atoms with Gasteiger partial charge in [-0.05, 0) is 78.9 Å². The predicted molar refractivity (Wildman–Crippen MR) is 123 cm³/mol. The molecule has 0 unspecified atom stereocenters. The van der Waals surface area contributed by atoms with E-state index in [9.17, 15) is 13.2 Å². The van der Waals surface area contributed by atoms with Gasteiger partial charge < -0.3 is 4.74 Å². The Hall–Kier alpha value is -3.19. The first-order valence-corrected chi connectivity index (χ1v) is 10.9. The van der Waals surface area contributed by atoms with Crippen LogP contribution in [0, 0.1) is 43.1 Å². The van der Waals surface area contributed by atoms with Crippen molar-refractivity contribution in [2.75, 3.05) is 6.61 Å². The molecule has 4 heteroatoms. The molecule has 0 spiro atoms. The lowest BCUT2D eigenvalue weighted by molar-refractivity contribution is 0.304. The van der Waals surface area contributed by atoms with E-state index in [0.717, 1.165) is 41.0 Å². The van der Waals surface area contributed by atoms with Crippen LogP contribution in [-0.4, -0.2) is 6.61 Å². The van der Waals surface area contributed by atoms with Crippen molar-refractivity contribution >= 4 is 0 Å². The van der Waals surface area contributed by atoms with Gasteiger partial charge in [-0.3, -0.25) is 0 Å². The fourth-order valence-electron chi connectivity index (χ4n) is 3.52. The summed E-state index contributed by atoms with van der Waals surface area (Å²) in [5.74, 6) is 4.38. The zero-order valence-electron chi connectivity index (χ0n) is 18.7. The van der Waals surface area contributed by atoms with Crippen LogP contribution >= 0.6 is 0 Å². The normalized spacial score (nSPS) is 10.6. The van der Waals surface area contributed by atoms with Gasteiger partial charge in [0.15, 0.2) is 11.6 Å². The summed E-state index contributed by atoms with van der Waals surface area (Å²) in [5.41, 5.74) is 3.89. The van der Waals surface area contributed by atoms with Crippen molar-refractivity contribution in [2.45, 2.75) is 46.5 Å². The van der Waals surface area contributed by atoms with E-state index in [-0.39, 0.29) is 5.56 Å². The Labute approximate surface area is 188 Å². The summed E-state index contributed by atoms with van der Waals surface area (Å²) in [6, 6.07) is 11.9. The largest absolute Gasteiger partial charge is 0.494 e. The Morgan fingerprint density at radius 1 is 0.719 bits per heavy atom. The van der Waals surface area contributed by atoms with Gasteiger partial charge in [-0.1, -0.05) is 50.2 Å². The lowest BCUT2D eigenvalue weighted by Crippen LogP contribution is -1.99.